The Kier molecular flexibility index (Phi) is 3.56. The van der Waals surface area contributed by atoms with E-state index in [2.05, 4.69) is 30.1 Å². The number of carbonyl (C=O) groups excluding carboxylic acids is 1. The van der Waals surface area contributed by atoms with Crippen LogP contribution < -0.4 is 4.74 Å². The van der Waals surface area contributed by atoms with E-state index in [0.717, 1.165) is 44.6 Å². The molecule has 102 valence electrons. The van der Waals surface area contributed by atoms with Crippen molar-refractivity contribution >= 4 is 5.78 Å². The number of ether oxygens (including phenoxy) is 1. The zero-order valence-electron chi connectivity index (χ0n) is 11.5. The molecule has 1 aromatic carbocycles. The lowest BCUT2D eigenvalue weighted by Gasteiger charge is -2.32. The highest BCUT2D eigenvalue weighted by molar-refractivity contribution is 5.79. The third-order valence-corrected chi connectivity index (χ3v) is 4.44. The predicted molar refractivity (Wildman–Crippen MR) is 74.6 cm³/mol. The zero-order valence-corrected chi connectivity index (χ0v) is 11.5. The number of hydrogen-bond acceptors (Lipinski definition) is 3. The fourth-order valence-corrected chi connectivity index (χ4v) is 3.24. The predicted octanol–water partition coefficient (Wildman–Crippen LogP) is 2.61. The van der Waals surface area contributed by atoms with E-state index in [1.165, 1.54) is 5.56 Å². The van der Waals surface area contributed by atoms with Crippen molar-refractivity contribution in [3.05, 3.63) is 29.8 Å². The maximum absolute atomic E-state index is 11.3. The van der Waals surface area contributed by atoms with E-state index < -0.39 is 0 Å². The van der Waals surface area contributed by atoms with Crippen LogP contribution in [0.15, 0.2) is 24.3 Å². The third-order valence-electron chi connectivity index (χ3n) is 4.44. The molecular weight excluding hydrogens is 238 g/mol. The minimum Gasteiger partial charge on any atom is -0.493 e. The van der Waals surface area contributed by atoms with Crippen molar-refractivity contribution in [1.29, 1.82) is 0 Å². The van der Waals surface area contributed by atoms with Crippen LogP contribution in [0.4, 0.5) is 0 Å². The minimum atomic E-state index is 0.430. The lowest BCUT2D eigenvalue weighted by atomic mass is 9.92. The van der Waals surface area contributed by atoms with E-state index in [9.17, 15) is 4.79 Å². The second-order valence-electron chi connectivity index (χ2n) is 5.76. The highest BCUT2D eigenvalue weighted by Crippen LogP contribution is 2.34. The molecule has 3 rings (SSSR count). The van der Waals surface area contributed by atoms with Gasteiger partial charge in [-0.1, -0.05) is 18.2 Å². The van der Waals surface area contributed by atoms with Crippen molar-refractivity contribution in [2.75, 3.05) is 20.2 Å². The molecule has 0 saturated heterocycles. The Hall–Kier alpha value is -1.35. The normalized spacial score (nSPS) is 23.5. The quantitative estimate of drug-likeness (QED) is 0.835. The molecule has 1 aliphatic heterocycles. The standard InChI is InChI=1S/C16H21NO2/c1-17(13-6-8-14(18)9-7-13)10-12-11-19-16-5-3-2-4-15(12)16/h2-5,12-13H,6-11H2,1H3. The number of likely N-dealkylation sites (N-methyl/N-ethyl adjacent to an activating group) is 1. The van der Waals surface area contributed by atoms with Gasteiger partial charge in [0.15, 0.2) is 0 Å². The van der Waals surface area contributed by atoms with E-state index in [1.54, 1.807) is 0 Å². The summed E-state index contributed by atoms with van der Waals surface area (Å²) in [5, 5.41) is 0. The van der Waals surface area contributed by atoms with E-state index in [1.807, 2.05) is 6.07 Å². The zero-order chi connectivity index (χ0) is 13.2. The number of benzene rings is 1. The molecule has 1 saturated carbocycles. The average Bonchev–Trinajstić information content (AvgIpc) is 2.83. The molecule has 1 atom stereocenters. The first-order chi connectivity index (χ1) is 9.24. The Labute approximate surface area is 114 Å². The molecule has 0 N–H and O–H groups in total. The van der Waals surface area contributed by atoms with Crippen molar-refractivity contribution in [3.8, 4) is 5.75 Å². The largest absolute Gasteiger partial charge is 0.493 e. The molecule has 0 bridgehead atoms. The first-order valence-electron chi connectivity index (χ1n) is 7.17. The van der Waals surface area contributed by atoms with Crippen LogP contribution in [0.25, 0.3) is 0 Å². The number of nitrogens with zero attached hydrogens (tertiary/aromatic N) is 1. The number of ketones is 1. The van der Waals surface area contributed by atoms with Crippen LogP contribution >= 0.6 is 0 Å². The number of carbonyl (C=O) groups is 1. The lowest BCUT2D eigenvalue weighted by Crippen LogP contribution is -2.38. The first kappa shape index (κ1) is 12.7. The topological polar surface area (TPSA) is 29.5 Å². The minimum absolute atomic E-state index is 0.430. The SMILES string of the molecule is CN(CC1COc2ccccc21)C1CCC(=O)CC1. The van der Waals surface area contributed by atoms with Gasteiger partial charge in [0, 0.05) is 36.9 Å². The van der Waals surface area contributed by atoms with Crippen molar-refractivity contribution < 1.29 is 9.53 Å². The Balaban J connectivity index is 1.61. The van der Waals surface area contributed by atoms with Gasteiger partial charge in [-0.05, 0) is 26.0 Å². The van der Waals surface area contributed by atoms with Crippen molar-refractivity contribution in [1.82, 2.24) is 4.90 Å². The Morgan fingerprint density at radius 2 is 2.00 bits per heavy atom. The van der Waals surface area contributed by atoms with Gasteiger partial charge in [-0.25, -0.2) is 0 Å². The molecule has 1 unspecified atom stereocenters. The summed E-state index contributed by atoms with van der Waals surface area (Å²) in [6.07, 6.45) is 3.55. The van der Waals surface area contributed by atoms with Gasteiger partial charge in [-0.15, -0.1) is 0 Å². The first-order valence-corrected chi connectivity index (χ1v) is 7.17. The Morgan fingerprint density at radius 3 is 2.79 bits per heavy atom. The fourth-order valence-electron chi connectivity index (χ4n) is 3.24. The molecule has 1 fully saturated rings. The summed E-state index contributed by atoms with van der Waals surface area (Å²) in [5.74, 6) is 1.94. The van der Waals surface area contributed by atoms with Crippen LogP contribution in [-0.4, -0.2) is 36.9 Å². The smallest absolute Gasteiger partial charge is 0.133 e. The van der Waals surface area contributed by atoms with Gasteiger partial charge in [0.25, 0.3) is 0 Å². The van der Waals surface area contributed by atoms with Crippen LogP contribution in [0.3, 0.4) is 0 Å². The summed E-state index contributed by atoms with van der Waals surface area (Å²) in [5.41, 5.74) is 1.33. The molecule has 1 heterocycles. The molecule has 2 aliphatic rings. The van der Waals surface area contributed by atoms with Crippen molar-refractivity contribution in [2.45, 2.75) is 37.6 Å². The lowest BCUT2D eigenvalue weighted by molar-refractivity contribution is -0.121. The van der Waals surface area contributed by atoms with Gasteiger partial charge in [0.2, 0.25) is 0 Å². The fraction of sp³-hybridized carbons (Fsp3) is 0.562. The summed E-state index contributed by atoms with van der Waals surface area (Å²) in [6.45, 7) is 1.81. The van der Waals surface area contributed by atoms with E-state index in [4.69, 9.17) is 4.74 Å². The van der Waals surface area contributed by atoms with E-state index in [0.29, 0.717) is 17.7 Å². The summed E-state index contributed by atoms with van der Waals surface area (Å²) >= 11 is 0. The summed E-state index contributed by atoms with van der Waals surface area (Å²) in [4.78, 5) is 13.7. The number of hydrogen-bond donors (Lipinski definition) is 0. The van der Waals surface area contributed by atoms with Crippen LogP contribution in [0.5, 0.6) is 5.75 Å². The van der Waals surface area contributed by atoms with Crippen LogP contribution in [-0.2, 0) is 4.79 Å². The second-order valence-corrected chi connectivity index (χ2v) is 5.76. The van der Waals surface area contributed by atoms with Crippen LogP contribution in [0.1, 0.15) is 37.2 Å². The molecule has 1 aliphatic carbocycles. The molecule has 3 nitrogen and oxygen atoms in total. The van der Waals surface area contributed by atoms with Crippen molar-refractivity contribution in [3.63, 3.8) is 0 Å². The molecular formula is C16H21NO2. The molecule has 3 heteroatoms. The van der Waals surface area contributed by atoms with Crippen LogP contribution in [0.2, 0.25) is 0 Å². The highest BCUT2D eigenvalue weighted by atomic mass is 16.5. The molecule has 0 aromatic heterocycles. The summed E-state index contributed by atoms with van der Waals surface area (Å²) in [6, 6.07) is 8.89. The van der Waals surface area contributed by atoms with Gasteiger partial charge < -0.3 is 9.64 Å². The third kappa shape index (κ3) is 2.66. The molecule has 0 amide bonds. The molecule has 1 aromatic rings. The second kappa shape index (κ2) is 5.33. The molecule has 0 spiro atoms. The Morgan fingerprint density at radius 1 is 1.26 bits per heavy atom. The van der Waals surface area contributed by atoms with E-state index >= 15 is 0 Å². The maximum atomic E-state index is 11.3. The van der Waals surface area contributed by atoms with Gasteiger partial charge in [0.1, 0.15) is 11.5 Å². The van der Waals surface area contributed by atoms with Gasteiger partial charge >= 0.3 is 0 Å². The molecule has 0 radical (unpaired) electrons. The number of para-hydroxylation sites is 1. The van der Waals surface area contributed by atoms with Gasteiger partial charge in [-0.3, -0.25) is 4.79 Å². The van der Waals surface area contributed by atoms with Gasteiger partial charge in [-0.2, -0.15) is 0 Å². The number of fused-ring (bicyclic) bond motifs is 1. The summed E-state index contributed by atoms with van der Waals surface area (Å²) < 4.78 is 5.74. The van der Waals surface area contributed by atoms with Crippen LogP contribution in [0, 0.1) is 0 Å². The van der Waals surface area contributed by atoms with Crippen molar-refractivity contribution in [2.24, 2.45) is 0 Å². The maximum Gasteiger partial charge on any atom is 0.133 e. The van der Waals surface area contributed by atoms with E-state index in [-0.39, 0.29) is 0 Å². The van der Waals surface area contributed by atoms with Gasteiger partial charge in [0.05, 0.1) is 6.61 Å². The monoisotopic (exact) mass is 259 g/mol. The number of rotatable bonds is 3. The Bertz CT molecular complexity index is 462. The highest BCUT2D eigenvalue weighted by Gasteiger charge is 2.28. The summed E-state index contributed by atoms with van der Waals surface area (Å²) in [7, 11) is 2.18. The average molecular weight is 259 g/mol. The molecule has 19 heavy (non-hydrogen) atoms. The number of Topliss-reactive ketones (excluding diaryl/α,β-unsaturated/α-hetero) is 1.